The lowest BCUT2D eigenvalue weighted by Crippen LogP contribution is -2.15. The standard InChI is InChI=1S/C13H14N2O3/c1-7-5-10-11(17-4-3-16-10)6-9(7)12-8(2)18-13(14)15-12/h5-6H,3-4H2,1-2H3,(H2,14,15). The minimum absolute atomic E-state index is 0.178. The Labute approximate surface area is 105 Å². The molecule has 0 atom stereocenters. The van der Waals surface area contributed by atoms with Gasteiger partial charge in [0, 0.05) is 5.56 Å². The van der Waals surface area contributed by atoms with Gasteiger partial charge < -0.3 is 19.6 Å². The van der Waals surface area contributed by atoms with Gasteiger partial charge in [0.1, 0.15) is 24.7 Å². The molecule has 1 aliphatic heterocycles. The number of benzene rings is 1. The van der Waals surface area contributed by atoms with Crippen molar-refractivity contribution in [3.63, 3.8) is 0 Å². The first kappa shape index (κ1) is 11.0. The van der Waals surface area contributed by atoms with Crippen LogP contribution in [0.4, 0.5) is 6.01 Å². The van der Waals surface area contributed by atoms with Crippen LogP contribution in [0, 0.1) is 13.8 Å². The van der Waals surface area contributed by atoms with E-state index < -0.39 is 0 Å². The second-order valence-electron chi connectivity index (χ2n) is 4.27. The number of ether oxygens (including phenoxy) is 2. The first-order valence-corrected chi connectivity index (χ1v) is 5.78. The van der Waals surface area contributed by atoms with E-state index in [0.29, 0.717) is 19.0 Å². The lowest BCUT2D eigenvalue weighted by Gasteiger charge is -2.20. The number of fused-ring (bicyclic) bond motifs is 1. The highest BCUT2D eigenvalue weighted by molar-refractivity contribution is 5.70. The monoisotopic (exact) mass is 246 g/mol. The third kappa shape index (κ3) is 1.68. The van der Waals surface area contributed by atoms with Crippen molar-refractivity contribution < 1.29 is 13.9 Å². The largest absolute Gasteiger partial charge is 0.486 e. The van der Waals surface area contributed by atoms with E-state index in [1.54, 1.807) is 0 Å². The highest BCUT2D eigenvalue weighted by atomic mass is 16.6. The third-order valence-electron chi connectivity index (χ3n) is 2.96. The Morgan fingerprint density at radius 1 is 1.11 bits per heavy atom. The number of aryl methyl sites for hydroxylation is 2. The molecular formula is C13H14N2O3. The number of nitrogen functional groups attached to an aromatic ring is 1. The van der Waals surface area contributed by atoms with Crippen LogP contribution in [0.5, 0.6) is 11.5 Å². The first-order chi connectivity index (χ1) is 8.65. The summed E-state index contributed by atoms with van der Waals surface area (Å²) in [5.41, 5.74) is 8.33. The molecule has 1 aromatic heterocycles. The Morgan fingerprint density at radius 2 is 1.78 bits per heavy atom. The fourth-order valence-electron chi connectivity index (χ4n) is 2.11. The average molecular weight is 246 g/mol. The highest BCUT2D eigenvalue weighted by Crippen LogP contribution is 2.38. The summed E-state index contributed by atoms with van der Waals surface area (Å²) in [5.74, 6) is 2.21. The van der Waals surface area contributed by atoms with Gasteiger partial charge in [0.15, 0.2) is 11.5 Å². The molecule has 0 amide bonds. The Hall–Kier alpha value is -2.17. The number of nitrogens with zero attached hydrogens (tertiary/aromatic N) is 1. The molecule has 0 saturated carbocycles. The zero-order chi connectivity index (χ0) is 12.7. The average Bonchev–Trinajstić information content (AvgIpc) is 2.67. The van der Waals surface area contributed by atoms with E-state index in [2.05, 4.69) is 4.98 Å². The SMILES string of the molecule is Cc1cc2c(cc1-c1nc(N)oc1C)OCCO2. The zero-order valence-electron chi connectivity index (χ0n) is 10.3. The maximum absolute atomic E-state index is 5.57. The van der Waals surface area contributed by atoms with Crippen LogP contribution in [0.2, 0.25) is 0 Å². The molecule has 3 rings (SSSR count). The molecule has 5 heteroatoms. The smallest absolute Gasteiger partial charge is 0.292 e. The van der Waals surface area contributed by atoms with Crippen LogP contribution in [-0.2, 0) is 0 Å². The molecule has 5 nitrogen and oxygen atoms in total. The van der Waals surface area contributed by atoms with Crippen molar-refractivity contribution in [1.29, 1.82) is 0 Å². The predicted octanol–water partition coefficient (Wildman–Crippen LogP) is 2.31. The summed E-state index contributed by atoms with van der Waals surface area (Å²) in [6.07, 6.45) is 0. The predicted molar refractivity (Wildman–Crippen MR) is 66.8 cm³/mol. The molecule has 0 fully saturated rings. The number of nitrogens with two attached hydrogens (primary N) is 1. The van der Waals surface area contributed by atoms with Crippen LogP contribution < -0.4 is 15.2 Å². The Bertz CT molecular complexity index is 605. The second-order valence-corrected chi connectivity index (χ2v) is 4.27. The lowest BCUT2D eigenvalue weighted by atomic mass is 10.0. The summed E-state index contributed by atoms with van der Waals surface area (Å²) in [7, 11) is 0. The van der Waals surface area contributed by atoms with Gasteiger partial charge in [-0.25, -0.2) is 0 Å². The van der Waals surface area contributed by atoms with Gasteiger partial charge >= 0.3 is 0 Å². The van der Waals surface area contributed by atoms with Gasteiger partial charge in [0.2, 0.25) is 0 Å². The zero-order valence-corrected chi connectivity index (χ0v) is 10.3. The minimum Gasteiger partial charge on any atom is -0.486 e. The van der Waals surface area contributed by atoms with Crippen molar-refractivity contribution in [2.45, 2.75) is 13.8 Å². The van der Waals surface area contributed by atoms with Gasteiger partial charge in [-0.2, -0.15) is 4.98 Å². The topological polar surface area (TPSA) is 70.5 Å². The summed E-state index contributed by atoms with van der Waals surface area (Å²) in [5, 5.41) is 0. The van der Waals surface area contributed by atoms with Gasteiger partial charge in [-0.1, -0.05) is 0 Å². The van der Waals surface area contributed by atoms with E-state index in [9.17, 15) is 0 Å². The second kappa shape index (κ2) is 3.94. The molecule has 2 N–H and O–H groups in total. The molecular weight excluding hydrogens is 232 g/mol. The van der Waals surface area contributed by atoms with Crippen LogP contribution in [0.3, 0.4) is 0 Å². The van der Waals surface area contributed by atoms with E-state index in [1.165, 1.54) is 0 Å². The van der Waals surface area contributed by atoms with Crippen LogP contribution in [0.15, 0.2) is 16.5 Å². The van der Waals surface area contributed by atoms with Crippen LogP contribution in [-0.4, -0.2) is 18.2 Å². The number of hydrogen-bond donors (Lipinski definition) is 1. The fraction of sp³-hybridized carbons (Fsp3) is 0.308. The van der Waals surface area contributed by atoms with Crippen molar-refractivity contribution in [3.05, 3.63) is 23.5 Å². The highest BCUT2D eigenvalue weighted by Gasteiger charge is 2.18. The Kier molecular flexibility index (Phi) is 2.40. The van der Waals surface area contributed by atoms with E-state index in [1.807, 2.05) is 26.0 Å². The van der Waals surface area contributed by atoms with E-state index >= 15 is 0 Å². The van der Waals surface area contributed by atoms with Crippen molar-refractivity contribution in [2.24, 2.45) is 0 Å². The maximum Gasteiger partial charge on any atom is 0.292 e. The first-order valence-electron chi connectivity index (χ1n) is 5.78. The lowest BCUT2D eigenvalue weighted by molar-refractivity contribution is 0.171. The number of hydrogen-bond acceptors (Lipinski definition) is 5. The van der Waals surface area contributed by atoms with Gasteiger partial charge in [-0.3, -0.25) is 0 Å². The van der Waals surface area contributed by atoms with Crippen LogP contribution in [0.1, 0.15) is 11.3 Å². The summed E-state index contributed by atoms with van der Waals surface area (Å²) < 4.78 is 16.4. The Balaban J connectivity index is 2.15. The molecule has 0 radical (unpaired) electrons. The molecule has 0 bridgehead atoms. The van der Waals surface area contributed by atoms with E-state index in [4.69, 9.17) is 19.6 Å². The normalized spacial score (nSPS) is 13.7. The number of anilines is 1. The number of aromatic nitrogens is 1. The molecule has 0 saturated heterocycles. The summed E-state index contributed by atoms with van der Waals surface area (Å²) >= 11 is 0. The molecule has 0 unspecified atom stereocenters. The fourth-order valence-corrected chi connectivity index (χ4v) is 2.11. The minimum atomic E-state index is 0.178. The third-order valence-corrected chi connectivity index (χ3v) is 2.96. The maximum atomic E-state index is 5.57. The van der Waals surface area contributed by atoms with Crippen molar-refractivity contribution in [1.82, 2.24) is 4.98 Å². The van der Waals surface area contributed by atoms with Crippen LogP contribution >= 0.6 is 0 Å². The summed E-state index contributed by atoms with van der Waals surface area (Å²) in [4.78, 5) is 4.20. The molecule has 18 heavy (non-hydrogen) atoms. The van der Waals surface area contributed by atoms with Gasteiger partial charge in [0.05, 0.1) is 0 Å². The van der Waals surface area contributed by atoms with Crippen molar-refractivity contribution in [3.8, 4) is 22.8 Å². The molecule has 1 aliphatic rings. The quantitative estimate of drug-likeness (QED) is 0.836. The molecule has 0 spiro atoms. The molecule has 2 heterocycles. The number of oxazole rings is 1. The van der Waals surface area contributed by atoms with Gasteiger partial charge in [-0.05, 0) is 31.5 Å². The van der Waals surface area contributed by atoms with E-state index in [-0.39, 0.29) is 6.01 Å². The van der Waals surface area contributed by atoms with Crippen molar-refractivity contribution >= 4 is 6.01 Å². The van der Waals surface area contributed by atoms with Gasteiger partial charge in [0.25, 0.3) is 6.01 Å². The number of rotatable bonds is 1. The molecule has 1 aromatic carbocycles. The van der Waals surface area contributed by atoms with E-state index in [0.717, 1.165) is 28.3 Å². The molecule has 2 aromatic rings. The summed E-state index contributed by atoms with van der Waals surface area (Å²) in [6.45, 7) is 4.99. The summed E-state index contributed by atoms with van der Waals surface area (Å²) in [6, 6.07) is 4.05. The van der Waals surface area contributed by atoms with Gasteiger partial charge in [-0.15, -0.1) is 0 Å². The molecule has 0 aliphatic carbocycles. The Morgan fingerprint density at radius 3 is 2.39 bits per heavy atom. The van der Waals surface area contributed by atoms with Crippen molar-refractivity contribution in [2.75, 3.05) is 18.9 Å². The molecule has 94 valence electrons. The van der Waals surface area contributed by atoms with Crippen LogP contribution in [0.25, 0.3) is 11.3 Å².